The third-order valence-electron chi connectivity index (χ3n) is 3.43. The van der Waals surface area contributed by atoms with E-state index in [4.69, 9.17) is 9.56 Å². The number of primary sulfonamides is 1. The Balaban J connectivity index is 2.14. The average molecular weight is 330 g/mol. The van der Waals surface area contributed by atoms with Crippen molar-refractivity contribution in [3.63, 3.8) is 0 Å². The number of nitrogens with two attached hydrogens (primary N) is 1. The molecule has 7 heteroatoms. The number of aryl methyl sites for hydroxylation is 1. The van der Waals surface area contributed by atoms with Crippen molar-refractivity contribution in [1.29, 1.82) is 0 Å². The molecule has 0 amide bonds. The van der Waals surface area contributed by atoms with Crippen LogP contribution in [0.5, 0.6) is 0 Å². The number of benzene rings is 2. The second-order valence-electron chi connectivity index (χ2n) is 5.13. The van der Waals surface area contributed by atoms with Crippen LogP contribution in [-0.4, -0.2) is 13.0 Å². The first-order valence-corrected chi connectivity index (χ1v) is 8.32. The van der Waals surface area contributed by atoms with Gasteiger partial charge in [-0.1, -0.05) is 24.3 Å². The lowest BCUT2D eigenvalue weighted by Gasteiger charge is -2.07. The summed E-state index contributed by atoms with van der Waals surface area (Å²) in [5, 5.41) is 5.09. The molecule has 0 aliphatic heterocycles. The van der Waals surface area contributed by atoms with Crippen molar-refractivity contribution in [2.24, 2.45) is 5.14 Å². The first-order valence-electron chi connectivity index (χ1n) is 6.77. The molecule has 0 fully saturated rings. The zero-order valence-electron chi connectivity index (χ0n) is 12.3. The van der Waals surface area contributed by atoms with E-state index in [1.807, 2.05) is 25.1 Å². The third kappa shape index (κ3) is 2.96. The number of rotatable bonds is 3. The molecule has 0 unspecified atom stereocenters. The summed E-state index contributed by atoms with van der Waals surface area (Å²) in [5.41, 5.74) is 2.85. The third-order valence-corrected chi connectivity index (χ3v) is 4.36. The number of nitrogens with zero attached hydrogens (tertiary/aromatic N) is 1. The smallest absolute Gasteiger partial charge is 0.415 e. The average Bonchev–Trinajstić information content (AvgIpc) is 2.88. The predicted molar refractivity (Wildman–Crippen MR) is 85.9 cm³/mol. The fourth-order valence-corrected chi connectivity index (χ4v) is 2.85. The summed E-state index contributed by atoms with van der Waals surface area (Å²) in [6.07, 6.45) is 1.34. The first kappa shape index (κ1) is 15.3. The fraction of sp³-hybridized carbons (Fsp3) is 0.0625. The highest BCUT2D eigenvalue weighted by molar-refractivity contribution is 7.89. The van der Waals surface area contributed by atoms with Gasteiger partial charge in [0.05, 0.1) is 16.3 Å². The Morgan fingerprint density at radius 3 is 2.39 bits per heavy atom. The molecule has 23 heavy (non-hydrogen) atoms. The number of sulfonamides is 1. The molecule has 0 aliphatic carbocycles. The van der Waals surface area contributed by atoms with E-state index < -0.39 is 15.8 Å². The van der Waals surface area contributed by atoms with Gasteiger partial charge in [0.2, 0.25) is 10.0 Å². The fourth-order valence-electron chi connectivity index (χ4n) is 2.33. The van der Waals surface area contributed by atoms with E-state index in [2.05, 4.69) is 0 Å². The van der Waals surface area contributed by atoms with E-state index in [0.717, 1.165) is 5.56 Å². The van der Waals surface area contributed by atoms with Crippen LogP contribution in [0.4, 0.5) is 0 Å². The molecule has 2 N–H and O–H groups in total. The highest BCUT2D eigenvalue weighted by atomic mass is 32.2. The molecule has 0 aliphatic rings. The molecule has 0 saturated heterocycles. The Morgan fingerprint density at radius 2 is 1.78 bits per heavy atom. The van der Waals surface area contributed by atoms with Crippen molar-refractivity contribution in [1.82, 2.24) is 4.57 Å². The summed E-state index contributed by atoms with van der Waals surface area (Å²) < 4.78 is 29.1. The van der Waals surface area contributed by atoms with Gasteiger partial charge in [-0.25, -0.2) is 22.9 Å². The van der Waals surface area contributed by atoms with Gasteiger partial charge >= 0.3 is 5.76 Å². The second-order valence-corrected chi connectivity index (χ2v) is 6.69. The molecule has 0 atom stereocenters. The minimum absolute atomic E-state index is 0.00852. The monoisotopic (exact) mass is 330 g/mol. The number of hydrogen-bond donors (Lipinski definition) is 1. The molecule has 0 spiro atoms. The molecule has 3 rings (SSSR count). The van der Waals surface area contributed by atoms with Gasteiger partial charge in [0.25, 0.3) is 0 Å². The Bertz CT molecular complexity index is 1010. The van der Waals surface area contributed by atoms with Gasteiger partial charge in [-0.15, -0.1) is 0 Å². The van der Waals surface area contributed by atoms with Gasteiger partial charge < -0.3 is 4.42 Å². The molecule has 118 valence electrons. The van der Waals surface area contributed by atoms with Crippen LogP contribution in [0.1, 0.15) is 5.56 Å². The SMILES string of the molecule is Cc1cccc(-n2c(-c3ccc(S(N)(=O)=O)cc3)coc2=O)c1. The van der Waals surface area contributed by atoms with Crippen LogP contribution >= 0.6 is 0 Å². The predicted octanol–water partition coefficient (Wildman–Crippen LogP) is 2.05. The van der Waals surface area contributed by atoms with Crippen LogP contribution in [0.15, 0.2) is 68.9 Å². The Labute approximate surface area is 132 Å². The molecule has 0 bridgehead atoms. The standard InChI is InChI=1S/C16H14N2O4S/c1-11-3-2-4-13(9-11)18-15(10-22-16(18)19)12-5-7-14(8-6-12)23(17,20)21/h2-10H,1H3,(H2,17,20,21). The van der Waals surface area contributed by atoms with Gasteiger partial charge in [0.1, 0.15) is 6.26 Å². The van der Waals surface area contributed by atoms with Gasteiger partial charge in [-0.2, -0.15) is 0 Å². The minimum atomic E-state index is -3.76. The maximum absolute atomic E-state index is 12.0. The number of oxazole rings is 1. The van der Waals surface area contributed by atoms with E-state index in [0.29, 0.717) is 16.9 Å². The summed E-state index contributed by atoms with van der Waals surface area (Å²) in [6.45, 7) is 1.93. The summed E-state index contributed by atoms with van der Waals surface area (Å²) in [5.74, 6) is -0.513. The van der Waals surface area contributed by atoms with Crippen molar-refractivity contribution >= 4 is 10.0 Å². The summed E-state index contributed by atoms with van der Waals surface area (Å²) in [7, 11) is -3.76. The van der Waals surface area contributed by atoms with E-state index in [1.165, 1.54) is 23.0 Å². The van der Waals surface area contributed by atoms with Gasteiger partial charge in [-0.05, 0) is 36.8 Å². The highest BCUT2D eigenvalue weighted by Crippen LogP contribution is 2.23. The van der Waals surface area contributed by atoms with Gasteiger partial charge in [0, 0.05) is 5.56 Å². The first-order chi connectivity index (χ1) is 10.9. The summed E-state index contributed by atoms with van der Waals surface area (Å²) in [4.78, 5) is 12.0. The van der Waals surface area contributed by atoms with E-state index in [1.54, 1.807) is 18.2 Å². The Morgan fingerprint density at radius 1 is 1.09 bits per heavy atom. The van der Waals surface area contributed by atoms with Crippen molar-refractivity contribution in [3.8, 4) is 16.9 Å². The maximum atomic E-state index is 12.0. The normalized spacial score (nSPS) is 11.6. The Hall–Kier alpha value is -2.64. The Kier molecular flexibility index (Phi) is 3.67. The van der Waals surface area contributed by atoms with E-state index in [9.17, 15) is 13.2 Å². The molecule has 2 aromatic carbocycles. The molecule has 3 aromatic rings. The maximum Gasteiger partial charge on any atom is 0.424 e. The van der Waals surface area contributed by atoms with Gasteiger partial charge in [-0.3, -0.25) is 0 Å². The van der Waals surface area contributed by atoms with E-state index >= 15 is 0 Å². The zero-order chi connectivity index (χ0) is 16.6. The molecule has 1 aromatic heterocycles. The largest absolute Gasteiger partial charge is 0.424 e. The van der Waals surface area contributed by atoms with Crippen LogP contribution in [0, 0.1) is 6.92 Å². The lowest BCUT2D eigenvalue weighted by atomic mass is 10.1. The molecular formula is C16H14N2O4S. The zero-order valence-corrected chi connectivity index (χ0v) is 13.1. The topological polar surface area (TPSA) is 95.3 Å². The molecular weight excluding hydrogens is 316 g/mol. The molecule has 0 radical (unpaired) electrons. The second kappa shape index (κ2) is 5.53. The lowest BCUT2D eigenvalue weighted by Crippen LogP contribution is -2.13. The van der Waals surface area contributed by atoms with Crippen LogP contribution in [0.2, 0.25) is 0 Å². The van der Waals surface area contributed by atoms with Crippen LogP contribution in [0.25, 0.3) is 16.9 Å². The summed E-state index contributed by atoms with van der Waals surface area (Å²) in [6, 6.07) is 13.4. The quantitative estimate of drug-likeness (QED) is 0.795. The highest BCUT2D eigenvalue weighted by Gasteiger charge is 2.14. The molecule has 6 nitrogen and oxygen atoms in total. The van der Waals surface area contributed by atoms with Crippen molar-refractivity contribution in [2.75, 3.05) is 0 Å². The van der Waals surface area contributed by atoms with Crippen molar-refractivity contribution < 1.29 is 12.8 Å². The number of hydrogen-bond acceptors (Lipinski definition) is 4. The van der Waals surface area contributed by atoms with E-state index in [-0.39, 0.29) is 4.90 Å². The van der Waals surface area contributed by atoms with Crippen molar-refractivity contribution in [3.05, 3.63) is 70.9 Å². The van der Waals surface area contributed by atoms with Crippen molar-refractivity contribution in [2.45, 2.75) is 11.8 Å². The van der Waals surface area contributed by atoms with Crippen LogP contribution in [-0.2, 0) is 10.0 Å². The van der Waals surface area contributed by atoms with Gasteiger partial charge in [0.15, 0.2) is 0 Å². The molecule has 1 heterocycles. The minimum Gasteiger partial charge on any atom is -0.415 e. The summed E-state index contributed by atoms with van der Waals surface area (Å²) >= 11 is 0. The number of aromatic nitrogens is 1. The molecule has 0 saturated carbocycles. The van der Waals surface area contributed by atoms with Crippen LogP contribution in [0.3, 0.4) is 0 Å². The lowest BCUT2D eigenvalue weighted by molar-refractivity contribution is 0.504. The van der Waals surface area contributed by atoms with Crippen LogP contribution < -0.4 is 10.9 Å².